The first-order valence-electron chi connectivity index (χ1n) is 5.92. The molecule has 0 aliphatic heterocycles. The lowest BCUT2D eigenvalue weighted by atomic mass is 10.3. The molecule has 0 bridgehead atoms. The van der Waals surface area contributed by atoms with E-state index in [0.717, 1.165) is 18.8 Å². The van der Waals surface area contributed by atoms with E-state index in [1.807, 2.05) is 6.07 Å². The highest BCUT2D eigenvalue weighted by atomic mass is 35.5. The maximum atomic E-state index is 6.03. The summed E-state index contributed by atoms with van der Waals surface area (Å²) in [6.07, 6.45) is 5.11. The van der Waals surface area contributed by atoms with Crippen LogP contribution in [0.3, 0.4) is 0 Å². The lowest BCUT2D eigenvalue weighted by molar-refractivity contribution is 0.728. The van der Waals surface area contributed by atoms with E-state index in [4.69, 9.17) is 11.6 Å². The van der Waals surface area contributed by atoms with Gasteiger partial charge in [0, 0.05) is 18.7 Å². The molecule has 0 amide bonds. The Labute approximate surface area is 104 Å². The van der Waals surface area contributed by atoms with E-state index in [-0.39, 0.29) is 0 Å². The molecule has 17 heavy (non-hydrogen) atoms. The van der Waals surface area contributed by atoms with Gasteiger partial charge in [0.05, 0.1) is 0 Å². The van der Waals surface area contributed by atoms with Gasteiger partial charge in [-0.1, -0.05) is 18.5 Å². The number of hydrogen-bond acceptors (Lipinski definition) is 4. The second-order valence-corrected chi connectivity index (χ2v) is 4.72. The number of hydrogen-bond donors (Lipinski definition) is 0. The summed E-state index contributed by atoms with van der Waals surface area (Å²) in [5.74, 6) is 1.57. The van der Waals surface area contributed by atoms with Crippen molar-refractivity contribution in [3.8, 4) is 0 Å². The molecule has 2 heterocycles. The predicted molar refractivity (Wildman–Crippen MR) is 66.5 cm³/mol. The van der Waals surface area contributed by atoms with Crippen LogP contribution < -0.4 is 4.90 Å². The molecular formula is C11H14ClN5. The van der Waals surface area contributed by atoms with Crippen LogP contribution >= 0.6 is 11.6 Å². The lowest BCUT2D eigenvalue weighted by Crippen LogP contribution is -2.28. The maximum absolute atomic E-state index is 6.03. The fourth-order valence-electron chi connectivity index (χ4n) is 2.08. The molecule has 2 aromatic rings. The molecule has 0 aromatic carbocycles. The zero-order valence-corrected chi connectivity index (χ0v) is 10.4. The van der Waals surface area contributed by atoms with Crippen molar-refractivity contribution in [2.75, 3.05) is 11.4 Å². The van der Waals surface area contributed by atoms with Crippen LogP contribution in [-0.2, 0) is 0 Å². The number of anilines is 1. The molecule has 0 N–H and O–H groups in total. The fraction of sp³-hybridized carbons (Fsp3) is 0.545. The Bertz CT molecular complexity index is 534. The number of fused-ring (bicyclic) bond motifs is 1. The maximum Gasteiger partial charge on any atom is 0.255 e. The van der Waals surface area contributed by atoms with Crippen molar-refractivity contribution in [2.45, 2.75) is 32.2 Å². The Kier molecular flexibility index (Phi) is 2.63. The normalized spacial score (nSPS) is 15.4. The summed E-state index contributed by atoms with van der Waals surface area (Å²) in [5.41, 5.74) is 0. The summed E-state index contributed by atoms with van der Waals surface area (Å²) in [6.45, 7) is 3.19. The molecule has 90 valence electrons. The van der Waals surface area contributed by atoms with E-state index in [2.05, 4.69) is 26.9 Å². The molecule has 0 radical (unpaired) electrons. The van der Waals surface area contributed by atoms with Gasteiger partial charge in [0.25, 0.3) is 5.78 Å². The molecular weight excluding hydrogens is 238 g/mol. The molecule has 5 nitrogen and oxygen atoms in total. The highest BCUT2D eigenvalue weighted by Gasteiger charge is 2.30. The summed E-state index contributed by atoms with van der Waals surface area (Å²) in [4.78, 5) is 10.6. The third-order valence-corrected chi connectivity index (χ3v) is 3.14. The molecule has 0 saturated heterocycles. The van der Waals surface area contributed by atoms with Crippen molar-refractivity contribution >= 4 is 23.2 Å². The fourth-order valence-corrected chi connectivity index (χ4v) is 2.26. The third-order valence-electron chi connectivity index (χ3n) is 2.95. The van der Waals surface area contributed by atoms with Gasteiger partial charge in [0.15, 0.2) is 0 Å². The largest absolute Gasteiger partial charge is 0.353 e. The van der Waals surface area contributed by atoms with Crippen molar-refractivity contribution in [3.05, 3.63) is 17.5 Å². The molecule has 1 aliphatic carbocycles. The van der Waals surface area contributed by atoms with Crippen molar-refractivity contribution in [3.63, 3.8) is 0 Å². The molecule has 6 heteroatoms. The molecule has 2 aromatic heterocycles. The molecule has 1 saturated carbocycles. The standard InChI is InChI=1S/C11H14ClN5/c1-2-5-16(8-3-4-8)10-6-9(12)15-11-13-7-14-17(10)11/h6-8H,2-5H2,1H3. The van der Waals surface area contributed by atoms with Crippen molar-refractivity contribution < 1.29 is 0 Å². The van der Waals surface area contributed by atoms with Gasteiger partial charge in [-0.2, -0.15) is 19.6 Å². The number of nitrogens with zero attached hydrogens (tertiary/aromatic N) is 5. The molecule has 0 unspecified atom stereocenters. The lowest BCUT2D eigenvalue weighted by Gasteiger charge is -2.24. The molecule has 0 spiro atoms. The summed E-state index contributed by atoms with van der Waals surface area (Å²) < 4.78 is 1.76. The Morgan fingerprint density at radius 2 is 2.35 bits per heavy atom. The van der Waals surface area contributed by atoms with E-state index in [1.54, 1.807) is 4.52 Å². The minimum absolute atomic E-state index is 0.474. The second kappa shape index (κ2) is 4.14. The van der Waals surface area contributed by atoms with Gasteiger partial charge in [-0.15, -0.1) is 0 Å². The first kappa shape index (κ1) is 10.8. The average molecular weight is 252 g/mol. The van der Waals surface area contributed by atoms with E-state index in [0.29, 0.717) is 17.0 Å². The van der Waals surface area contributed by atoms with E-state index >= 15 is 0 Å². The van der Waals surface area contributed by atoms with Crippen LogP contribution in [0.5, 0.6) is 0 Å². The number of rotatable bonds is 4. The van der Waals surface area contributed by atoms with Gasteiger partial charge in [0.1, 0.15) is 17.3 Å². The van der Waals surface area contributed by atoms with Crippen LogP contribution in [0.25, 0.3) is 5.78 Å². The Morgan fingerprint density at radius 3 is 3.06 bits per heavy atom. The molecule has 1 aliphatic rings. The van der Waals surface area contributed by atoms with E-state index in [9.17, 15) is 0 Å². The van der Waals surface area contributed by atoms with Gasteiger partial charge in [-0.05, 0) is 19.3 Å². The minimum Gasteiger partial charge on any atom is -0.353 e. The van der Waals surface area contributed by atoms with Crippen LogP contribution in [0.2, 0.25) is 5.15 Å². The van der Waals surface area contributed by atoms with E-state index < -0.39 is 0 Å². The van der Waals surface area contributed by atoms with Gasteiger partial charge in [-0.25, -0.2) is 0 Å². The zero-order chi connectivity index (χ0) is 11.8. The number of halogens is 1. The summed E-state index contributed by atoms with van der Waals surface area (Å²) in [7, 11) is 0. The van der Waals surface area contributed by atoms with Gasteiger partial charge < -0.3 is 4.90 Å². The highest BCUT2D eigenvalue weighted by Crippen LogP contribution is 2.32. The Morgan fingerprint density at radius 1 is 1.53 bits per heavy atom. The van der Waals surface area contributed by atoms with Gasteiger partial charge >= 0.3 is 0 Å². The van der Waals surface area contributed by atoms with Crippen LogP contribution in [0, 0.1) is 0 Å². The molecule has 3 rings (SSSR count). The number of aromatic nitrogens is 4. The first-order valence-corrected chi connectivity index (χ1v) is 6.30. The van der Waals surface area contributed by atoms with E-state index in [1.165, 1.54) is 19.2 Å². The Hall–Kier alpha value is -1.36. The second-order valence-electron chi connectivity index (χ2n) is 4.33. The quantitative estimate of drug-likeness (QED) is 0.782. The Balaban J connectivity index is 2.09. The van der Waals surface area contributed by atoms with Crippen molar-refractivity contribution in [1.29, 1.82) is 0 Å². The van der Waals surface area contributed by atoms with Crippen molar-refractivity contribution in [1.82, 2.24) is 19.6 Å². The van der Waals surface area contributed by atoms with Gasteiger partial charge in [0.2, 0.25) is 0 Å². The first-order chi connectivity index (χ1) is 8.29. The minimum atomic E-state index is 0.474. The topological polar surface area (TPSA) is 46.3 Å². The smallest absolute Gasteiger partial charge is 0.255 e. The van der Waals surface area contributed by atoms with Crippen LogP contribution in [0.4, 0.5) is 5.82 Å². The SMILES string of the molecule is CCCN(c1cc(Cl)nc2ncnn12)C1CC1. The van der Waals surface area contributed by atoms with Crippen LogP contribution in [-0.4, -0.2) is 32.2 Å². The summed E-state index contributed by atoms with van der Waals surface area (Å²) >= 11 is 6.03. The van der Waals surface area contributed by atoms with Crippen LogP contribution in [0.1, 0.15) is 26.2 Å². The summed E-state index contributed by atoms with van der Waals surface area (Å²) in [5, 5.41) is 4.69. The third kappa shape index (κ3) is 1.95. The zero-order valence-electron chi connectivity index (χ0n) is 9.67. The van der Waals surface area contributed by atoms with Crippen molar-refractivity contribution in [2.24, 2.45) is 0 Å². The monoisotopic (exact) mass is 251 g/mol. The average Bonchev–Trinajstić information content (AvgIpc) is 3.04. The highest BCUT2D eigenvalue weighted by molar-refractivity contribution is 6.29. The van der Waals surface area contributed by atoms with Crippen LogP contribution in [0.15, 0.2) is 12.4 Å². The van der Waals surface area contributed by atoms with Gasteiger partial charge in [-0.3, -0.25) is 0 Å². The predicted octanol–water partition coefficient (Wildman–Crippen LogP) is 2.16. The molecule has 0 atom stereocenters. The molecule has 1 fully saturated rings. The summed E-state index contributed by atoms with van der Waals surface area (Å²) in [6, 6.07) is 2.50.